The predicted octanol–water partition coefficient (Wildman–Crippen LogP) is 1.20. The molecule has 0 amide bonds. The maximum absolute atomic E-state index is 12.0. The molecule has 1 fully saturated rings. The average Bonchev–Trinajstić information content (AvgIpc) is 3.10. The molecule has 3 unspecified atom stereocenters. The summed E-state index contributed by atoms with van der Waals surface area (Å²) < 4.78 is 26.8. The van der Waals surface area contributed by atoms with Crippen LogP contribution in [0.5, 0.6) is 0 Å². The van der Waals surface area contributed by atoms with E-state index >= 15 is 0 Å². The van der Waals surface area contributed by atoms with Gasteiger partial charge in [-0.15, -0.1) is 0 Å². The first-order valence-corrected chi connectivity index (χ1v) is 7.89. The summed E-state index contributed by atoms with van der Waals surface area (Å²) in [5, 5.41) is -0.477. The van der Waals surface area contributed by atoms with E-state index in [-0.39, 0.29) is 12.6 Å². The molecule has 1 saturated carbocycles. The highest BCUT2D eigenvalue weighted by atomic mass is 32.2. The first kappa shape index (κ1) is 13.5. The van der Waals surface area contributed by atoms with Crippen LogP contribution in [0.1, 0.15) is 31.2 Å². The van der Waals surface area contributed by atoms with E-state index in [0.29, 0.717) is 12.3 Å². The summed E-state index contributed by atoms with van der Waals surface area (Å²) in [6.45, 7) is 2.02. The van der Waals surface area contributed by atoms with E-state index in [0.717, 1.165) is 6.42 Å². The molecule has 3 N–H and O–H groups in total. The first-order valence-electron chi connectivity index (χ1n) is 6.34. The molecule has 1 aromatic carbocycles. The Morgan fingerprint density at radius 2 is 2.06 bits per heavy atom. The molecule has 0 aliphatic heterocycles. The van der Waals surface area contributed by atoms with Crippen molar-refractivity contribution < 1.29 is 8.42 Å². The SMILES string of the molecule is CCC(CN)S(=O)(=O)NC1CC1c1ccccc1. The van der Waals surface area contributed by atoms with E-state index in [9.17, 15) is 8.42 Å². The van der Waals surface area contributed by atoms with Gasteiger partial charge in [-0.2, -0.15) is 0 Å². The Hall–Kier alpha value is -0.910. The summed E-state index contributed by atoms with van der Waals surface area (Å²) in [6.07, 6.45) is 1.43. The predicted molar refractivity (Wildman–Crippen MR) is 72.8 cm³/mol. The molecular formula is C13H20N2O2S. The molecule has 0 bridgehead atoms. The molecule has 1 aromatic rings. The van der Waals surface area contributed by atoms with E-state index in [2.05, 4.69) is 4.72 Å². The average molecular weight is 268 g/mol. The Kier molecular flexibility index (Phi) is 4.04. The topological polar surface area (TPSA) is 72.2 Å². The second kappa shape index (κ2) is 5.38. The molecule has 5 heteroatoms. The molecule has 100 valence electrons. The third kappa shape index (κ3) is 2.91. The number of nitrogens with two attached hydrogens (primary N) is 1. The summed E-state index contributed by atoms with van der Waals surface area (Å²) in [5.74, 6) is 0.316. The van der Waals surface area contributed by atoms with Gasteiger partial charge in [0.25, 0.3) is 0 Å². The van der Waals surface area contributed by atoms with Crippen LogP contribution in [0.25, 0.3) is 0 Å². The van der Waals surface area contributed by atoms with Crippen LogP contribution < -0.4 is 10.5 Å². The van der Waals surface area contributed by atoms with Gasteiger partial charge in [0.2, 0.25) is 10.0 Å². The number of hydrogen-bond donors (Lipinski definition) is 2. The smallest absolute Gasteiger partial charge is 0.215 e. The molecule has 0 heterocycles. The van der Waals surface area contributed by atoms with Crippen LogP contribution >= 0.6 is 0 Å². The van der Waals surface area contributed by atoms with Gasteiger partial charge in [-0.1, -0.05) is 37.3 Å². The van der Waals surface area contributed by atoms with Crippen molar-refractivity contribution >= 4 is 10.0 Å². The van der Waals surface area contributed by atoms with E-state index in [1.54, 1.807) is 0 Å². The largest absolute Gasteiger partial charge is 0.329 e. The van der Waals surface area contributed by atoms with Gasteiger partial charge in [0.1, 0.15) is 0 Å². The van der Waals surface area contributed by atoms with Crippen LogP contribution in [0.2, 0.25) is 0 Å². The quantitative estimate of drug-likeness (QED) is 0.814. The zero-order chi connectivity index (χ0) is 13.2. The second-order valence-electron chi connectivity index (χ2n) is 4.79. The monoisotopic (exact) mass is 268 g/mol. The molecule has 2 rings (SSSR count). The molecule has 18 heavy (non-hydrogen) atoms. The summed E-state index contributed by atoms with van der Waals surface area (Å²) in [7, 11) is -3.28. The summed E-state index contributed by atoms with van der Waals surface area (Å²) >= 11 is 0. The van der Waals surface area contributed by atoms with Crippen LogP contribution in [0, 0.1) is 0 Å². The van der Waals surface area contributed by atoms with Crippen molar-refractivity contribution in [2.45, 2.75) is 37.0 Å². The third-order valence-corrected chi connectivity index (χ3v) is 5.53. The minimum Gasteiger partial charge on any atom is -0.329 e. The lowest BCUT2D eigenvalue weighted by molar-refractivity contribution is 0.559. The van der Waals surface area contributed by atoms with Crippen LogP contribution in [0.4, 0.5) is 0 Å². The van der Waals surface area contributed by atoms with E-state index < -0.39 is 15.3 Å². The van der Waals surface area contributed by atoms with Crippen molar-refractivity contribution in [2.24, 2.45) is 5.73 Å². The van der Waals surface area contributed by atoms with E-state index in [1.165, 1.54) is 5.56 Å². The van der Waals surface area contributed by atoms with Crippen molar-refractivity contribution in [2.75, 3.05) is 6.54 Å². The molecular weight excluding hydrogens is 248 g/mol. The lowest BCUT2D eigenvalue weighted by atomic mass is 10.1. The van der Waals surface area contributed by atoms with Gasteiger partial charge in [-0.05, 0) is 18.4 Å². The fourth-order valence-electron chi connectivity index (χ4n) is 2.21. The second-order valence-corrected chi connectivity index (χ2v) is 6.78. The first-order chi connectivity index (χ1) is 8.58. The normalized spacial score (nSPS) is 24.8. The highest BCUT2D eigenvalue weighted by molar-refractivity contribution is 7.90. The van der Waals surface area contributed by atoms with Crippen LogP contribution in [0.15, 0.2) is 30.3 Å². The molecule has 4 nitrogen and oxygen atoms in total. The van der Waals surface area contributed by atoms with Gasteiger partial charge in [-0.25, -0.2) is 13.1 Å². The minimum atomic E-state index is -3.28. The zero-order valence-corrected chi connectivity index (χ0v) is 11.4. The van der Waals surface area contributed by atoms with E-state index in [4.69, 9.17) is 5.73 Å². The molecule has 1 aliphatic carbocycles. The van der Waals surface area contributed by atoms with Gasteiger partial charge < -0.3 is 5.73 Å². The van der Waals surface area contributed by atoms with Gasteiger partial charge in [0.15, 0.2) is 0 Å². The molecule has 1 aliphatic rings. The number of hydrogen-bond acceptors (Lipinski definition) is 3. The van der Waals surface area contributed by atoms with Crippen molar-refractivity contribution in [3.05, 3.63) is 35.9 Å². The Bertz CT molecular complexity index is 483. The number of nitrogens with one attached hydrogen (secondary N) is 1. The molecule has 0 radical (unpaired) electrons. The van der Waals surface area contributed by atoms with Crippen LogP contribution in [0.3, 0.4) is 0 Å². The van der Waals surface area contributed by atoms with Gasteiger partial charge in [-0.3, -0.25) is 0 Å². The van der Waals surface area contributed by atoms with Gasteiger partial charge in [0, 0.05) is 18.5 Å². The number of benzene rings is 1. The molecule has 0 saturated heterocycles. The Balaban J connectivity index is 1.98. The lowest BCUT2D eigenvalue weighted by Crippen LogP contribution is -2.40. The van der Waals surface area contributed by atoms with Crippen molar-refractivity contribution in [3.63, 3.8) is 0 Å². The van der Waals surface area contributed by atoms with E-state index in [1.807, 2.05) is 37.3 Å². The molecule has 3 atom stereocenters. The molecule has 0 aromatic heterocycles. The van der Waals surface area contributed by atoms with Gasteiger partial charge >= 0.3 is 0 Å². The van der Waals surface area contributed by atoms with Crippen molar-refractivity contribution in [3.8, 4) is 0 Å². The maximum Gasteiger partial charge on any atom is 0.215 e. The Labute approximate surface area is 109 Å². The fraction of sp³-hybridized carbons (Fsp3) is 0.538. The summed E-state index contributed by atoms with van der Waals surface area (Å²) in [5.41, 5.74) is 6.69. The number of rotatable bonds is 6. The highest BCUT2D eigenvalue weighted by Gasteiger charge is 2.42. The Morgan fingerprint density at radius 3 is 2.61 bits per heavy atom. The minimum absolute atomic E-state index is 0.0398. The standard InChI is InChI=1S/C13H20N2O2S/c1-2-11(9-14)18(16,17)15-13-8-12(13)10-6-4-3-5-7-10/h3-7,11-13,15H,2,8-9,14H2,1H3. The fourth-order valence-corrected chi connectivity index (χ4v) is 3.78. The molecule has 0 spiro atoms. The van der Waals surface area contributed by atoms with Gasteiger partial charge in [0.05, 0.1) is 5.25 Å². The Morgan fingerprint density at radius 1 is 1.39 bits per heavy atom. The summed E-state index contributed by atoms with van der Waals surface area (Å²) in [4.78, 5) is 0. The van der Waals surface area contributed by atoms with Crippen molar-refractivity contribution in [1.82, 2.24) is 4.72 Å². The third-order valence-electron chi connectivity index (χ3n) is 3.49. The van der Waals surface area contributed by atoms with Crippen LogP contribution in [-0.4, -0.2) is 26.3 Å². The zero-order valence-electron chi connectivity index (χ0n) is 10.5. The summed E-state index contributed by atoms with van der Waals surface area (Å²) in [6, 6.07) is 10.0. The van der Waals surface area contributed by atoms with Crippen LogP contribution in [-0.2, 0) is 10.0 Å². The van der Waals surface area contributed by atoms with Crippen molar-refractivity contribution in [1.29, 1.82) is 0 Å². The highest BCUT2D eigenvalue weighted by Crippen LogP contribution is 2.41. The maximum atomic E-state index is 12.0. The number of sulfonamides is 1. The lowest BCUT2D eigenvalue weighted by Gasteiger charge is -2.14.